The number of methoxy groups -OCH3 is 1. The summed E-state index contributed by atoms with van der Waals surface area (Å²) >= 11 is 0. The Morgan fingerprint density at radius 2 is 2.00 bits per heavy atom. The van der Waals surface area contributed by atoms with Gasteiger partial charge >= 0.3 is 0 Å². The van der Waals surface area contributed by atoms with Crippen LogP contribution in [0.5, 0.6) is 17.2 Å². The van der Waals surface area contributed by atoms with E-state index in [9.17, 15) is 10.3 Å². The third kappa shape index (κ3) is 2.38. The van der Waals surface area contributed by atoms with Gasteiger partial charge in [-0.1, -0.05) is 35.5 Å². The minimum atomic E-state index is -0.267. The standard InChI is InChI=1S/C16H15NO4/c1-20-11-7-13(18)16-12(17-19)9-14(21-15(16)8-11)10-5-3-2-4-6-10/h2-8,14,18-19H,9H2,1H3/b17-12+. The van der Waals surface area contributed by atoms with Gasteiger partial charge in [-0.15, -0.1) is 0 Å². The van der Waals surface area contributed by atoms with E-state index >= 15 is 0 Å². The highest BCUT2D eigenvalue weighted by molar-refractivity contribution is 6.06. The Labute approximate surface area is 122 Å². The van der Waals surface area contributed by atoms with Crippen LogP contribution < -0.4 is 9.47 Å². The maximum Gasteiger partial charge on any atom is 0.136 e. The highest BCUT2D eigenvalue weighted by Gasteiger charge is 2.29. The van der Waals surface area contributed by atoms with Crippen LogP contribution in [0.4, 0.5) is 0 Å². The van der Waals surface area contributed by atoms with Gasteiger partial charge in [0.25, 0.3) is 0 Å². The molecule has 5 heteroatoms. The Bertz CT molecular complexity index is 682. The number of ether oxygens (including phenoxy) is 2. The second kappa shape index (κ2) is 5.36. The van der Waals surface area contributed by atoms with Crippen molar-refractivity contribution < 1.29 is 19.8 Å². The smallest absolute Gasteiger partial charge is 0.136 e. The molecule has 21 heavy (non-hydrogen) atoms. The summed E-state index contributed by atoms with van der Waals surface area (Å²) in [5.74, 6) is 0.903. The molecule has 1 unspecified atom stereocenters. The number of phenolic OH excluding ortho intramolecular Hbond substituents is 1. The Balaban J connectivity index is 2.06. The number of nitrogens with zero attached hydrogens (tertiary/aromatic N) is 1. The molecule has 5 nitrogen and oxygen atoms in total. The fourth-order valence-corrected chi connectivity index (χ4v) is 2.49. The predicted octanol–water partition coefficient (Wildman–Crippen LogP) is 3.10. The van der Waals surface area contributed by atoms with Crippen molar-refractivity contribution in [2.45, 2.75) is 12.5 Å². The summed E-state index contributed by atoms with van der Waals surface area (Å²) in [4.78, 5) is 0. The van der Waals surface area contributed by atoms with Crippen molar-refractivity contribution in [3.05, 3.63) is 53.6 Å². The van der Waals surface area contributed by atoms with Gasteiger partial charge in [0, 0.05) is 18.6 Å². The number of benzene rings is 2. The zero-order valence-electron chi connectivity index (χ0n) is 11.5. The molecule has 2 aromatic rings. The summed E-state index contributed by atoms with van der Waals surface area (Å²) in [5.41, 5.74) is 1.78. The number of fused-ring (bicyclic) bond motifs is 1. The first kappa shape index (κ1) is 13.3. The molecule has 2 aromatic carbocycles. The van der Waals surface area contributed by atoms with Crippen molar-refractivity contribution in [2.24, 2.45) is 5.16 Å². The first-order chi connectivity index (χ1) is 10.2. The minimum absolute atomic E-state index is 0.0244. The van der Waals surface area contributed by atoms with Crippen molar-refractivity contribution in [3.63, 3.8) is 0 Å². The predicted molar refractivity (Wildman–Crippen MR) is 77.4 cm³/mol. The summed E-state index contributed by atoms with van der Waals surface area (Å²) < 4.78 is 11.1. The second-order valence-corrected chi connectivity index (χ2v) is 4.79. The zero-order chi connectivity index (χ0) is 14.8. The van der Waals surface area contributed by atoms with Crippen LogP contribution in [-0.4, -0.2) is 23.1 Å². The third-order valence-electron chi connectivity index (χ3n) is 3.52. The molecule has 0 amide bonds. The maximum absolute atomic E-state index is 10.1. The van der Waals surface area contributed by atoms with E-state index in [0.717, 1.165) is 5.56 Å². The Kier molecular flexibility index (Phi) is 3.39. The van der Waals surface area contributed by atoms with E-state index in [0.29, 0.717) is 29.2 Å². The van der Waals surface area contributed by atoms with Crippen LogP contribution in [0.2, 0.25) is 0 Å². The average Bonchev–Trinajstić information content (AvgIpc) is 2.54. The molecule has 0 aromatic heterocycles. The molecule has 1 atom stereocenters. The second-order valence-electron chi connectivity index (χ2n) is 4.79. The van der Waals surface area contributed by atoms with Crippen LogP contribution in [0.25, 0.3) is 0 Å². The van der Waals surface area contributed by atoms with Gasteiger partial charge < -0.3 is 19.8 Å². The van der Waals surface area contributed by atoms with Gasteiger partial charge in [0.15, 0.2) is 0 Å². The Morgan fingerprint density at radius 3 is 2.67 bits per heavy atom. The summed E-state index contributed by atoms with van der Waals surface area (Å²) in [6.07, 6.45) is 0.115. The molecule has 2 N–H and O–H groups in total. The van der Waals surface area contributed by atoms with Gasteiger partial charge in [-0.25, -0.2) is 0 Å². The molecule has 0 aliphatic carbocycles. The van der Waals surface area contributed by atoms with Gasteiger partial charge in [-0.2, -0.15) is 0 Å². The summed E-state index contributed by atoms with van der Waals surface area (Å²) in [7, 11) is 1.51. The van der Waals surface area contributed by atoms with Crippen molar-refractivity contribution in [1.82, 2.24) is 0 Å². The number of hydrogen-bond acceptors (Lipinski definition) is 5. The van der Waals surface area contributed by atoms with Crippen LogP contribution in [0.15, 0.2) is 47.6 Å². The fraction of sp³-hybridized carbons (Fsp3) is 0.188. The summed E-state index contributed by atoms with van der Waals surface area (Å²) in [5, 5.41) is 22.6. The molecule has 108 valence electrons. The van der Waals surface area contributed by atoms with E-state index in [2.05, 4.69) is 5.16 Å². The fourth-order valence-electron chi connectivity index (χ4n) is 2.49. The summed E-state index contributed by atoms with van der Waals surface area (Å²) in [6.45, 7) is 0. The van der Waals surface area contributed by atoms with Crippen LogP contribution in [0.3, 0.4) is 0 Å². The van der Waals surface area contributed by atoms with E-state index in [1.807, 2.05) is 30.3 Å². The molecular weight excluding hydrogens is 270 g/mol. The minimum Gasteiger partial charge on any atom is -0.507 e. The molecule has 1 aliphatic heterocycles. The monoisotopic (exact) mass is 285 g/mol. The lowest BCUT2D eigenvalue weighted by Crippen LogP contribution is -2.21. The molecule has 0 radical (unpaired) electrons. The van der Waals surface area contributed by atoms with Crippen LogP contribution in [-0.2, 0) is 0 Å². The van der Waals surface area contributed by atoms with Crippen LogP contribution in [0.1, 0.15) is 23.7 Å². The van der Waals surface area contributed by atoms with Gasteiger partial charge in [-0.3, -0.25) is 0 Å². The maximum atomic E-state index is 10.1. The van der Waals surface area contributed by atoms with Gasteiger partial charge in [0.2, 0.25) is 0 Å². The first-order valence-electron chi connectivity index (χ1n) is 6.57. The summed E-state index contributed by atoms with van der Waals surface area (Å²) in [6, 6.07) is 12.8. The number of aromatic hydroxyl groups is 1. The van der Waals surface area contributed by atoms with Gasteiger partial charge in [0.1, 0.15) is 23.4 Å². The molecule has 1 heterocycles. The largest absolute Gasteiger partial charge is 0.507 e. The molecule has 3 rings (SSSR count). The lowest BCUT2D eigenvalue weighted by Gasteiger charge is -2.27. The highest BCUT2D eigenvalue weighted by atomic mass is 16.5. The molecule has 0 fully saturated rings. The molecule has 0 saturated heterocycles. The Hall–Kier alpha value is -2.69. The number of rotatable bonds is 2. The topological polar surface area (TPSA) is 71.3 Å². The van der Waals surface area contributed by atoms with E-state index in [4.69, 9.17) is 9.47 Å². The van der Waals surface area contributed by atoms with Crippen molar-refractivity contribution in [3.8, 4) is 17.2 Å². The van der Waals surface area contributed by atoms with Crippen molar-refractivity contribution in [1.29, 1.82) is 0 Å². The normalized spacial score (nSPS) is 18.9. The molecule has 0 saturated carbocycles. The van der Waals surface area contributed by atoms with E-state index in [1.54, 1.807) is 6.07 Å². The van der Waals surface area contributed by atoms with Gasteiger partial charge in [-0.05, 0) is 5.56 Å². The first-order valence-corrected chi connectivity index (χ1v) is 6.57. The van der Waals surface area contributed by atoms with Crippen LogP contribution >= 0.6 is 0 Å². The van der Waals surface area contributed by atoms with E-state index in [1.165, 1.54) is 13.2 Å². The molecule has 1 aliphatic rings. The highest BCUT2D eigenvalue weighted by Crippen LogP contribution is 2.42. The number of hydrogen-bond donors (Lipinski definition) is 2. The van der Waals surface area contributed by atoms with E-state index < -0.39 is 0 Å². The molecular formula is C16H15NO4. The van der Waals surface area contributed by atoms with Crippen molar-refractivity contribution >= 4 is 5.71 Å². The van der Waals surface area contributed by atoms with Crippen LogP contribution in [0, 0.1) is 0 Å². The Morgan fingerprint density at radius 1 is 1.24 bits per heavy atom. The lowest BCUT2D eigenvalue weighted by atomic mass is 9.95. The quantitative estimate of drug-likeness (QED) is 0.657. The lowest BCUT2D eigenvalue weighted by molar-refractivity contribution is 0.200. The van der Waals surface area contributed by atoms with Crippen molar-refractivity contribution in [2.75, 3.05) is 7.11 Å². The zero-order valence-corrected chi connectivity index (χ0v) is 11.5. The van der Waals surface area contributed by atoms with E-state index in [-0.39, 0.29) is 11.9 Å². The third-order valence-corrected chi connectivity index (χ3v) is 3.52. The molecule has 0 spiro atoms. The molecule has 0 bridgehead atoms. The van der Waals surface area contributed by atoms with Gasteiger partial charge in [0.05, 0.1) is 18.4 Å². The average molecular weight is 285 g/mol. The number of phenols is 1. The SMILES string of the molecule is COc1cc(O)c2c(c1)OC(c1ccccc1)C/C2=N\O. The number of oxime groups is 1.